The zero-order valence-electron chi connectivity index (χ0n) is 12.0. The van der Waals surface area contributed by atoms with E-state index in [-0.39, 0.29) is 5.92 Å². The van der Waals surface area contributed by atoms with E-state index in [9.17, 15) is 4.79 Å². The van der Waals surface area contributed by atoms with Gasteiger partial charge in [-0.25, -0.2) is 0 Å². The molecule has 0 bridgehead atoms. The Labute approximate surface area is 112 Å². The van der Waals surface area contributed by atoms with E-state index in [0.717, 1.165) is 25.2 Å². The molecule has 0 radical (unpaired) electrons. The molecule has 1 aliphatic carbocycles. The minimum absolute atomic E-state index is 0.0864. The van der Waals surface area contributed by atoms with Gasteiger partial charge in [0.15, 0.2) is 0 Å². The zero-order chi connectivity index (χ0) is 13.4. The SMILES string of the molecule is CCCC(C)CC[C@H](C(C)=O)C1=CC=CCC=C1. The molecule has 0 aromatic heterocycles. The standard InChI is InChI=1S/C17H26O/c1-4-9-14(2)12-13-17(15(3)18)16-10-7-5-6-8-11-16/h5,7-8,10-11,14,17H,4,6,9,12-13H2,1-3H3/t14?,17-/m1/s1. The first-order valence-electron chi connectivity index (χ1n) is 7.18. The Bertz CT molecular complexity index is 347. The maximum Gasteiger partial charge on any atom is 0.137 e. The molecule has 0 fully saturated rings. The Morgan fingerprint density at radius 1 is 1.28 bits per heavy atom. The lowest BCUT2D eigenvalue weighted by atomic mass is 9.86. The lowest BCUT2D eigenvalue weighted by molar-refractivity contribution is -0.119. The Kier molecular flexibility index (Phi) is 6.70. The lowest BCUT2D eigenvalue weighted by Crippen LogP contribution is -2.14. The molecule has 2 atom stereocenters. The normalized spacial score (nSPS) is 18.1. The fourth-order valence-electron chi connectivity index (χ4n) is 2.52. The molecular weight excluding hydrogens is 220 g/mol. The third-order valence-electron chi connectivity index (χ3n) is 3.63. The summed E-state index contributed by atoms with van der Waals surface area (Å²) in [6, 6.07) is 0. The van der Waals surface area contributed by atoms with Gasteiger partial charge in [-0.05, 0) is 37.7 Å². The van der Waals surface area contributed by atoms with Gasteiger partial charge in [0.2, 0.25) is 0 Å². The molecule has 0 spiro atoms. The summed E-state index contributed by atoms with van der Waals surface area (Å²) in [6.45, 7) is 6.23. The van der Waals surface area contributed by atoms with Crippen molar-refractivity contribution in [2.24, 2.45) is 11.8 Å². The van der Waals surface area contributed by atoms with Gasteiger partial charge in [-0.1, -0.05) is 57.1 Å². The van der Waals surface area contributed by atoms with Crippen molar-refractivity contribution in [2.75, 3.05) is 0 Å². The van der Waals surface area contributed by atoms with Crippen LogP contribution in [-0.2, 0) is 4.79 Å². The predicted octanol–water partition coefficient (Wildman–Crippen LogP) is 4.85. The number of hydrogen-bond donors (Lipinski definition) is 0. The van der Waals surface area contributed by atoms with E-state index in [0.29, 0.717) is 5.78 Å². The molecule has 0 N–H and O–H groups in total. The summed E-state index contributed by atoms with van der Waals surface area (Å²) in [7, 11) is 0. The van der Waals surface area contributed by atoms with E-state index in [1.165, 1.54) is 18.4 Å². The van der Waals surface area contributed by atoms with Gasteiger partial charge in [0.1, 0.15) is 5.78 Å². The molecule has 1 unspecified atom stereocenters. The number of hydrogen-bond acceptors (Lipinski definition) is 1. The zero-order valence-corrected chi connectivity index (χ0v) is 12.0. The Balaban J connectivity index is 2.62. The third-order valence-corrected chi connectivity index (χ3v) is 3.63. The summed E-state index contributed by atoms with van der Waals surface area (Å²) in [4.78, 5) is 11.8. The van der Waals surface area contributed by atoms with Crippen LogP contribution in [0, 0.1) is 11.8 Å². The first-order chi connectivity index (χ1) is 8.65. The van der Waals surface area contributed by atoms with E-state index < -0.39 is 0 Å². The van der Waals surface area contributed by atoms with Crippen molar-refractivity contribution in [1.82, 2.24) is 0 Å². The topological polar surface area (TPSA) is 17.1 Å². The van der Waals surface area contributed by atoms with Crippen LogP contribution >= 0.6 is 0 Å². The minimum atomic E-state index is 0.0864. The number of Topliss-reactive ketones (excluding diaryl/α,β-unsaturated/α-hetero) is 1. The van der Waals surface area contributed by atoms with Crippen molar-refractivity contribution < 1.29 is 4.79 Å². The highest BCUT2D eigenvalue weighted by atomic mass is 16.1. The molecule has 18 heavy (non-hydrogen) atoms. The largest absolute Gasteiger partial charge is 0.299 e. The van der Waals surface area contributed by atoms with Crippen LogP contribution in [0.25, 0.3) is 0 Å². The van der Waals surface area contributed by atoms with Crippen LogP contribution in [0.5, 0.6) is 0 Å². The second kappa shape index (κ2) is 8.07. The average Bonchev–Trinajstić information content (AvgIpc) is 2.58. The first-order valence-corrected chi connectivity index (χ1v) is 7.18. The van der Waals surface area contributed by atoms with Crippen molar-refractivity contribution >= 4 is 5.78 Å². The molecule has 0 amide bonds. The molecule has 0 heterocycles. The van der Waals surface area contributed by atoms with E-state index in [1.807, 2.05) is 0 Å². The molecule has 0 saturated carbocycles. The van der Waals surface area contributed by atoms with Crippen molar-refractivity contribution in [1.29, 1.82) is 0 Å². The number of carbonyl (C=O) groups is 1. The molecule has 0 aromatic carbocycles. The van der Waals surface area contributed by atoms with Crippen molar-refractivity contribution in [3.05, 3.63) is 36.0 Å². The van der Waals surface area contributed by atoms with Gasteiger partial charge in [-0.15, -0.1) is 0 Å². The van der Waals surface area contributed by atoms with E-state index in [1.54, 1.807) is 6.92 Å². The van der Waals surface area contributed by atoms with Crippen molar-refractivity contribution in [3.63, 3.8) is 0 Å². The van der Waals surface area contributed by atoms with Crippen LogP contribution in [0.1, 0.15) is 52.9 Å². The maximum atomic E-state index is 11.8. The monoisotopic (exact) mass is 246 g/mol. The maximum absolute atomic E-state index is 11.8. The third kappa shape index (κ3) is 5.03. The number of carbonyl (C=O) groups excluding carboxylic acids is 1. The van der Waals surface area contributed by atoms with Crippen LogP contribution in [-0.4, -0.2) is 5.78 Å². The number of ketones is 1. The fourth-order valence-corrected chi connectivity index (χ4v) is 2.52. The van der Waals surface area contributed by atoms with E-state index in [2.05, 4.69) is 44.2 Å². The van der Waals surface area contributed by atoms with Gasteiger partial charge in [0.05, 0.1) is 0 Å². The van der Waals surface area contributed by atoms with Crippen molar-refractivity contribution in [2.45, 2.75) is 52.9 Å². The molecule has 100 valence electrons. The van der Waals surface area contributed by atoms with Crippen LogP contribution in [0.4, 0.5) is 0 Å². The van der Waals surface area contributed by atoms with E-state index in [4.69, 9.17) is 0 Å². The number of allylic oxidation sites excluding steroid dienone is 6. The Hall–Kier alpha value is -1.11. The summed E-state index contributed by atoms with van der Waals surface area (Å²) in [5, 5.41) is 0. The van der Waals surface area contributed by atoms with Gasteiger partial charge in [-0.2, -0.15) is 0 Å². The molecule has 1 aliphatic rings. The molecule has 0 aliphatic heterocycles. The summed E-state index contributed by atoms with van der Waals surface area (Å²) in [5.41, 5.74) is 1.18. The molecule has 0 saturated heterocycles. The second-order valence-corrected chi connectivity index (χ2v) is 5.37. The quantitative estimate of drug-likeness (QED) is 0.627. The molecular formula is C17H26O. The van der Waals surface area contributed by atoms with Crippen LogP contribution in [0.2, 0.25) is 0 Å². The second-order valence-electron chi connectivity index (χ2n) is 5.37. The summed E-state index contributed by atoms with van der Waals surface area (Å²) in [5.74, 6) is 1.11. The highest BCUT2D eigenvalue weighted by Crippen LogP contribution is 2.25. The Morgan fingerprint density at radius 3 is 2.72 bits per heavy atom. The number of rotatable bonds is 7. The Morgan fingerprint density at radius 2 is 2.06 bits per heavy atom. The highest BCUT2D eigenvalue weighted by Gasteiger charge is 2.18. The minimum Gasteiger partial charge on any atom is -0.299 e. The van der Waals surface area contributed by atoms with Gasteiger partial charge < -0.3 is 0 Å². The van der Waals surface area contributed by atoms with Crippen LogP contribution in [0.3, 0.4) is 0 Å². The smallest absolute Gasteiger partial charge is 0.137 e. The van der Waals surface area contributed by atoms with Crippen LogP contribution in [0.15, 0.2) is 36.0 Å². The van der Waals surface area contributed by atoms with Crippen LogP contribution < -0.4 is 0 Å². The van der Waals surface area contributed by atoms with E-state index >= 15 is 0 Å². The summed E-state index contributed by atoms with van der Waals surface area (Å²) in [6.07, 6.45) is 16.2. The first kappa shape index (κ1) is 14.9. The van der Waals surface area contributed by atoms with Crippen molar-refractivity contribution in [3.8, 4) is 0 Å². The molecule has 1 heteroatoms. The summed E-state index contributed by atoms with van der Waals surface area (Å²) < 4.78 is 0. The van der Waals surface area contributed by atoms with Gasteiger partial charge in [-0.3, -0.25) is 4.79 Å². The highest BCUT2D eigenvalue weighted by molar-refractivity contribution is 5.82. The summed E-state index contributed by atoms with van der Waals surface area (Å²) >= 11 is 0. The van der Waals surface area contributed by atoms with Gasteiger partial charge in [0.25, 0.3) is 0 Å². The fraction of sp³-hybridized carbons (Fsp3) is 0.588. The molecule has 0 aromatic rings. The molecule has 1 rings (SSSR count). The van der Waals surface area contributed by atoms with Gasteiger partial charge >= 0.3 is 0 Å². The van der Waals surface area contributed by atoms with Gasteiger partial charge in [0, 0.05) is 5.92 Å². The predicted molar refractivity (Wildman–Crippen MR) is 78.5 cm³/mol. The lowest BCUT2D eigenvalue weighted by Gasteiger charge is -2.17. The average molecular weight is 246 g/mol. The molecule has 1 nitrogen and oxygen atoms in total.